The molecule has 1 aliphatic heterocycles. The highest BCUT2D eigenvalue weighted by molar-refractivity contribution is 5.86. The number of benzene rings is 1. The van der Waals surface area contributed by atoms with Crippen molar-refractivity contribution in [3.8, 4) is 11.5 Å². The molecule has 0 aromatic heterocycles. The van der Waals surface area contributed by atoms with Gasteiger partial charge < -0.3 is 20.3 Å². The molecule has 4 fully saturated rings. The zero-order chi connectivity index (χ0) is 20.7. The van der Waals surface area contributed by atoms with Crippen molar-refractivity contribution in [1.29, 1.82) is 0 Å². The van der Waals surface area contributed by atoms with E-state index in [9.17, 15) is 15.0 Å². The molecule has 6 rings (SSSR count). The Kier molecular flexibility index (Phi) is 4.06. The first kappa shape index (κ1) is 19.2. The number of nitrogens with one attached hydrogen (secondary N) is 1. The van der Waals surface area contributed by atoms with E-state index in [1.54, 1.807) is 0 Å². The number of hydrogen-bond donors (Lipinski definition) is 3. The van der Waals surface area contributed by atoms with Gasteiger partial charge in [0.05, 0.1) is 5.60 Å². The van der Waals surface area contributed by atoms with E-state index in [0.717, 1.165) is 66.5 Å². The summed E-state index contributed by atoms with van der Waals surface area (Å²) >= 11 is 0. The van der Waals surface area contributed by atoms with Gasteiger partial charge in [0.15, 0.2) is 5.60 Å². The van der Waals surface area contributed by atoms with Gasteiger partial charge in [-0.15, -0.1) is 0 Å². The molecule has 0 radical (unpaired) electrons. The summed E-state index contributed by atoms with van der Waals surface area (Å²) in [6.45, 7) is 7.67. The van der Waals surface area contributed by atoms with Crippen molar-refractivity contribution in [3.63, 3.8) is 0 Å². The van der Waals surface area contributed by atoms with Gasteiger partial charge >= 0.3 is 0 Å². The third-order valence-electron chi connectivity index (χ3n) is 8.54. The Hall–Kier alpha value is -1.75. The lowest BCUT2D eigenvalue weighted by Gasteiger charge is -2.58. The fourth-order valence-electron chi connectivity index (χ4n) is 6.93. The Labute approximate surface area is 172 Å². The molecule has 4 aliphatic carbocycles. The van der Waals surface area contributed by atoms with Gasteiger partial charge in [-0.2, -0.15) is 0 Å². The minimum absolute atomic E-state index is 0.0320. The average molecular weight is 400 g/mol. The Balaban J connectivity index is 1.38. The average Bonchev–Trinajstić information content (AvgIpc) is 2.66. The van der Waals surface area contributed by atoms with E-state index in [4.69, 9.17) is 4.74 Å². The lowest BCUT2D eigenvalue weighted by Crippen LogP contribution is -2.64. The molecule has 6 atom stereocenters. The standard InChI is InChI=1S/C24H33NO4/c1-12-13(2)21-18(14(3)20(12)26)5-6-23(4,29-21)22(27)25-19-16-7-15-8-17(19)11-24(28,9-15)10-16/h15-17,19,26,28H,5-11H2,1-4H3,(H,25,27)/t15?,16-,17+,19+,23?,24+. The number of hydrogen-bond acceptors (Lipinski definition) is 4. The zero-order valence-electron chi connectivity index (χ0n) is 18.0. The maximum atomic E-state index is 13.4. The molecule has 5 nitrogen and oxygen atoms in total. The van der Waals surface area contributed by atoms with Crippen LogP contribution >= 0.6 is 0 Å². The molecule has 1 aromatic carbocycles. The Morgan fingerprint density at radius 2 is 1.72 bits per heavy atom. The van der Waals surface area contributed by atoms with Crippen LogP contribution in [0.2, 0.25) is 0 Å². The normalized spacial score (nSPS) is 39.8. The SMILES string of the molecule is Cc1c(C)c2c(c(C)c1O)CCC(C)(C(=O)N[C@H]1[C@@H]3CC4C[C@H]1C[C@](O)(C4)C3)O2. The minimum atomic E-state index is -0.904. The van der Waals surface area contributed by atoms with Gasteiger partial charge in [0, 0.05) is 18.0 Å². The van der Waals surface area contributed by atoms with Crippen LogP contribution in [0.3, 0.4) is 0 Å². The van der Waals surface area contributed by atoms with E-state index in [1.165, 1.54) is 0 Å². The number of amides is 1. The molecule has 1 amide bonds. The van der Waals surface area contributed by atoms with Gasteiger partial charge in [0.25, 0.3) is 5.91 Å². The van der Waals surface area contributed by atoms with E-state index in [0.29, 0.717) is 29.9 Å². The van der Waals surface area contributed by atoms with E-state index >= 15 is 0 Å². The van der Waals surface area contributed by atoms with Crippen LogP contribution in [-0.2, 0) is 11.2 Å². The molecule has 158 valence electrons. The first-order chi connectivity index (χ1) is 13.6. The number of carbonyl (C=O) groups is 1. The summed E-state index contributed by atoms with van der Waals surface area (Å²) < 4.78 is 6.37. The molecule has 4 bridgehead atoms. The minimum Gasteiger partial charge on any atom is -0.507 e. The molecule has 29 heavy (non-hydrogen) atoms. The molecular weight excluding hydrogens is 366 g/mol. The largest absolute Gasteiger partial charge is 0.507 e. The first-order valence-electron chi connectivity index (χ1n) is 11.1. The fourth-order valence-corrected chi connectivity index (χ4v) is 6.93. The molecular formula is C24H33NO4. The van der Waals surface area contributed by atoms with Gasteiger partial charge in [0.2, 0.25) is 0 Å². The van der Waals surface area contributed by atoms with Crippen molar-refractivity contribution >= 4 is 5.91 Å². The highest BCUT2D eigenvalue weighted by Gasteiger charge is 2.56. The Bertz CT molecular complexity index is 878. The van der Waals surface area contributed by atoms with Crippen molar-refractivity contribution in [1.82, 2.24) is 5.32 Å². The summed E-state index contributed by atoms with van der Waals surface area (Å²) in [7, 11) is 0. The van der Waals surface area contributed by atoms with Crippen LogP contribution < -0.4 is 10.1 Å². The predicted molar refractivity (Wildman–Crippen MR) is 110 cm³/mol. The number of phenolic OH excluding ortho intramolecular Hbond substituents is 1. The van der Waals surface area contributed by atoms with E-state index in [2.05, 4.69) is 5.32 Å². The molecule has 2 unspecified atom stereocenters. The fraction of sp³-hybridized carbons (Fsp3) is 0.708. The second-order valence-corrected chi connectivity index (χ2v) is 10.6. The smallest absolute Gasteiger partial charge is 0.264 e. The second kappa shape index (κ2) is 6.13. The summed E-state index contributed by atoms with van der Waals surface area (Å²) in [4.78, 5) is 13.4. The van der Waals surface area contributed by atoms with Crippen LogP contribution in [0, 0.1) is 38.5 Å². The van der Waals surface area contributed by atoms with Crippen LogP contribution in [0.1, 0.15) is 67.7 Å². The molecule has 0 saturated heterocycles. The van der Waals surface area contributed by atoms with Gasteiger partial charge in [-0.05, 0) is 101 Å². The van der Waals surface area contributed by atoms with Crippen LogP contribution in [0.15, 0.2) is 0 Å². The summed E-state index contributed by atoms with van der Waals surface area (Å²) in [5.74, 6) is 2.47. The Morgan fingerprint density at radius 3 is 2.34 bits per heavy atom. The van der Waals surface area contributed by atoms with E-state index in [-0.39, 0.29) is 11.9 Å². The van der Waals surface area contributed by atoms with Gasteiger partial charge in [-0.3, -0.25) is 4.79 Å². The van der Waals surface area contributed by atoms with Crippen molar-refractivity contribution in [2.24, 2.45) is 17.8 Å². The molecule has 0 spiro atoms. The van der Waals surface area contributed by atoms with Crippen LogP contribution in [0.5, 0.6) is 11.5 Å². The number of aliphatic hydroxyl groups is 1. The zero-order valence-corrected chi connectivity index (χ0v) is 18.0. The maximum Gasteiger partial charge on any atom is 0.264 e. The van der Waals surface area contributed by atoms with E-state index < -0.39 is 11.2 Å². The summed E-state index contributed by atoms with van der Waals surface area (Å²) in [6.07, 6.45) is 6.16. The molecule has 4 saturated carbocycles. The number of carbonyl (C=O) groups excluding carboxylic acids is 1. The van der Waals surface area contributed by atoms with Gasteiger partial charge in [-0.25, -0.2) is 0 Å². The number of aromatic hydroxyl groups is 1. The molecule has 1 heterocycles. The molecule has 1 aromatic rings. The van der Waals surface area contributed by atoms with Gasteiger partial charge in [0.1, 0.15) is 11.5 Å². The van der Waals surface area contributed by atoms with Crippen LogP contribution in [0.25, 0.3) is 0 Å². The number of phenols is 1. The summed E-state index contributed by atoms with van der Waals surface area (Å²) in [5.41, 5.74) is 2.22. The topological polar surface area (TPSA) is 78.8 Å². The highest BCUT2D eigenvalue weighted by Crippen LogP contribution is 2.55. The second-order valence-electron chi connectivity index (χ2n) is 10.6. The van der Waals surface area contributed by atoms with Crippen molar-refractivity contribution in [2.45, 2.75) is 89.9 Å². The highest BCUT2D eigenvalue weighted by atomic mass is 16.5. The van der Waals surface area contributed by atoms with Crippen molar-refractivity contribution < 1.29 is 19.7 Å². The number of rotatable bonds is 2. The third kappa shape index (κ3) is 2.80. The predicted octanol–water partition coefficient (Wildman–Crippen LogP) is 3.46. The monoisotopic (exact) mass is 399 g/mol. The third-order valence-corrected chi connectivity index (χ3v) is 8.54. The van der Waals surface area contributed by atoms with Crippen molar-refractivity contribution in [3.05, 3.63) is 22.3 Å². The van der Waals surface area contributed by atoms with Gasteiger partial charge in [-0.1, -0.05) is 0 Å². The Morgan fingerprint density at radius 1 is 1.07 bits per heavy atom. The van der Waals surface area contributed by atoms with Crippen LogP contribution in [-0.4, -0.2) is 33.4 Å². The lowest BCUT2D eigenvalue weighted by molar-refractivity contribution is -0.154. The van der Waals surface area contributed by atoms with Crippen LogP contribution in [0.4, 0.5) is 0 Å². The van der Waals surface area contributed by atoms with E-state index in [1.807, 2.05) is 27.7 Å². The summed E-state index contributed by atoms with van der Waals surface area (Å²) in [5, 5.41) is 24.5. The first-order valence-corrected chi connectivity index (χ1v) is 11.1. The molecule has 5 aliphatic rings. The number of fused-ring (bicyclic) bond motifs is 1. The summed E-state index contributed by atoms with van der Waals surface area (Å²) in [6, 6.07) is 0.158. The molecule has 5 heteroatoms. The van der Waals surface area contributed by atoms with Crippen molar-refractivity contribution in [2.75, 3.05) is 0 Å². The quantitative estimate of drug-likeness (QED) is 0.712. The molecule has 3 N–H and O–H groups in total. The lowest BCUT2D eigenvalue weighted by atomic mass is 9.52. The number of ether oxygens (including phenoxy) is 1. The maximum absolute atomic E-state index is 13.4.